The molecule has 2 atom stereocenters. The zero-order valence-electron chi connectivity index (χ0n) is 12.3. The molecule has 112 valence electrons. The zero-order chi connectivity index (χ0) is 15.9. The standard InChI is InChI=1S/C16H16ClN5/c1-16(2,19)14-10(7-18)13(9-5-3-4-6-12(9)17)11-8-20-22-15(11)21-14/h3-6,8,10,13H,19H2,1-2H3,(H,20,22). The van der Waals surface area contributed by atoms with Crippen LogP contribution in [0.15, 0.2) is 35.5 Å². The lowest BCUT2D eigenvalue weighted by Crippen LogP contribution is -2.47. The van der Waals surface area contributed by atoms with E-state index in [1.54, 1.807) is 6.20 Å². The lowest BCUT2D eigenvalue weighted by atomic mass is 9.73. The third kappa shape index (κ3) is 2.31. The van der Waals surface area contributed by atoms with Gasteiger partial charge in [0.25, 0.3) is 0 Å². The second kappa shape index (κ2) is 5.24. The van der Waals surface area contributed by atoms with E-state index in [-0.39, 0.29) is 5.92 Å². The SMILES string of the molecule is CC(C)(N)C1=Nc2[nH]ncc2C(c2ccccc2Cl)C1C#N. The van der Waals surface area contributed by atoms with Gasteiger partial charge in [-0.15, -0.1) is 0 Å². The average molecular weight is 314 g/mol. The number of nitriles is 1. The van der Waals surface area contributed by atoms with Crippen molar-refractivity contribution in [3.05, 3.63) is 46.6 Å². The van der Waals surface area contributed by atoms with Gasteiger partial charge in [-0.2, -0.15) is 10.4 Å². The molecular weight excluding hydrogens is 298 g/mol. The van der Waals surface area contributed by atoms with Crippen molar-refractivity contribution in [2.75, 3.05) is 0 Å². The van der Waals surface area contributed by atoms with Crippen LogP contribution < -0.4 is 5.73 Å². The van der Waals surface area contributed by atoms with Gasteiger partial charge in [0.1, 0.15) is 0 Å². The van der Waals surface area contributed by atoms with E-state index in [1.165, 1.54) is 0 Å². The van der Waals surface area contributed by atoms with Gasteiger partial charge in [-0.25, -0.2) is 4.99 Å². The van der Waals surface area contributed by atoms with E-state index in [2.05, 4.69) is 21.3 Å². The molecule has 0 fully saturated rings. The largest absolute Gasteiger partial charge is 0.321 e. The first-order valence-corrected chi connectivity index (χ1v) is 7.36. The lowest BCUT2D eigenvalue weighted by Gasteiger charge is -2.33. The monoisotopic (exact) mass is 313 g/mol. The Morgan fingerprint density at radius 3 is 2.68 bits per heavy atom. The minimum Gasteiger partial charge on any atom is -0.321 e. The second-order valence-electron chi connectivity index (χ2n) is 6.00. The van der Waals surface area contributed by atoms with Gasteiger partial charge in [0.2, 0.25) is 0 Å². The summed E-state index contributed by atoms with van der Waals surface area (Å²) < 4.78 is 0. The number of aromatic nitrogens is 2. The molecule has 6 heteroatoms. The van der Waals surface area contributed by atoms with Gasteiger partial charge in [0.05, 0.1) is 29.4 Å². The molecule has 1 aromatic carbocycles. The molecule has 2 heterocycles. The minimum atomic E-state index is -0.706. The normalized spacial score (nSPS) is 21.0. The molecule has 5 nitrogen and oxygen atoms in total. The van der Waals surface area contributed by atoms with Crippen molar-refractivity contribution < 1.29 is 0 Å². The number of benzene rings is 1. The number of H-pyrrole nitrogens is 1. The Hall–Kier alpha value is -2.16. The number of hydrogen-bond acceptors (Lipinski definition) is 4. The Bertz CT molecular complexity index is 778. The molecule has 0 aliphatic carbocycles. The highest BCUT2D eigenvalue weighted by atomic mass is 35.5. The molecule has 1 aromatic heterocycles. The summed E-state index contributed by atoms with van der Waals surface area (Å²) in [5.41, 5.74) is 7.91. The fourth-order valence-electron chi connectivity index (χ4n) is 2.89. The number of aromatic amines is 1. The number of hydrogen-bond donors (Lipinski definition) is 2. The minimum absolute atomic E-state index is 0.234. The molecule has 2 aromatic rings. The Morgan fingerprint density at radius 1 is 1.32 bits per heavy atom. The van der Waals surface area contributed by atoms with Crippen LogP contribution in [0.1, 0.15) is 30.9 Å². The Morgan fingerprint density at radius 2 is 2.05 bits per heavy atom. The number of aliphatic imine (C=N–C) groups is 1. The molecule has 3 N–H and O–H groups in total. The fraction of sp³-hybridized carbons (Fsp3) is 0.312. The molecular formula is C16H16ClN5. The topological polar surface area (TPSA) is 90.8 Å². The van der Waals surface area contributed by atoms with Gasteiger partial charge in [0.15, 0.2) is 5.82 Å². The molecule has 0 amide bonds. The van der Waals surface area contributed by atoms with Crippen LogP contribution in [-0.2, 0) is 0 Å². The summed E-state index contributed by atoms with van der Waals surface area (Å²) in [7, 11) is 0. The van der Waals surface area contributed by atoms with Gasteiger partial charge in [0, 0.05) is 16.5 Å². The van der Waals surface area contributed by atoms with Crippen LogP contribution in [0.5, 0.6) is 0 Å². The molecule has 2 unspecified atom stereocenters. The van der Waals surface area contributed by atoms with Gasteiger partial charge in [-0.05, 0) is 25.5 Å². The quantitative estimate of drug-likeness (QED) is 0.892. The van der Waals surface area contributed by atoms with Crippen molar-refractivity contribution >= 4 is 23.1 Å². The fourth-order valence-corrected chi connectivity index (χ4v) is 3.14. The van der Waals surface area contributed by atoms with Gasteiger partial charge < -0.3 is 5.73 Å². The van der Waals surface area contributed by atoms with Gasteiger partial charge >= 0.3 is 0 Å². The molecule has 0 saturated carbocycles. The Kier molecular flexibility index (Phi) is 3.51. The predicted molar refractivity (Wildman–Crippen MR) is 86.3 cm³/mol. The van der Waals surface area contributed by atoms with Crippen molar-refractivity contribution in [2.24, 2.45) is 16.6 Å². The molecule has 0 saturated heterocycles. The molecule has 22 heavy (non-hydrogen) atoms. The molecule has 1 aliphatic heterocycles. The van der Waals surface area contributed by atoms with Crippen molar-refractivity contribution in [1.29, 1.82) is 5.26 Å². The van der Waals surface area contributed by atoms with Crippen LogP contribution in [0.3, 0.4) is 0 Å². The van der Waals surface area contributed by atoms with E-state index in [0.717, 1.165) is 11.1 Å². The number of nitrogens with one attached hydrogen (secondary N) is 1. The van der Waals surface area contributed by atoms with Gasteiger partial charge in [-0.3, -0.25) is 5.10 Å². The van der Waals surface area contributed by atoms with E-state index >= 15 is 0 Å². The first-order valence-electron chi connectivity index (χ1n) is 6.98. The van der Waals surface area contributed by atoms with Crippen LogP contribution in [0.25, 0.3) is 0 Å². The summed E-state index contributed by atoms with van der Waals surface area (Å²) in [6.07, 6.45) is 1.71. The van der Waals surface area contributed by atoms with Crippen LogP contribution in [0.2, 0.25) is 5.02 Å². The van der Waals surface area contributed by atoms with Crippen LogP contribution in [0.4, 0.5) is 5.82 Å². The second-order valence-corrected chi connectivity index (χ2v) is 6.41. The van der Waals surface area contributed by atoms with Crippen molar-refractivity contribution in [1.82, 2.24) is 10.2 Å². The predicted octanol–water partition coefficient (Wildman–Crippen LogP) is 3.16. The Labute approximate surface area is 133 Å². The van der Waals surface area contributed by atoms with E-state index < -0.39 is 11.5 Å². The summed E-state index contributed by atoms with van der Waals surface area (Å²) >= 11 is 6.36. The summed E-state index contributed by atoms with van der Waals surface area (Å²) in [6.45, 7) is 3.70. The number of nitrogens with zero attached hydrogens (tertiary/aromatic N) is 3. The van der Waals surface area contributed by atoms with Crippen molar-refractivity contribution in [3.8, 4) is 6.07 Å². The first-order chi connectivity index (χ1) is 10.4. The summed E-state index contributed by atoms with van der Waals surface area (Å²) in [5, 5.41) is 17.3. The average Bonchev–Trinajstić information content (AvgIpc) is 2.93. The molecule has 0 radical (unpaired) electrons. The Balaban J connectivity index is 2.24. The maximum atomic E-state index is 9.75. The molecule has 0 spiro atoms. The number of rotatable bonds is 2. The number of nitrogens with two attached hydrogens (primary N) is 1. The van der Waals surface area contributed by atoms with E-state index in [4.69, 9.17) is 17.3 Å². The molecule has 1 aliphatic rings. The van der Waals surface area contributed by atoms with E-state index in [1.807, 2.05) is 38.1 Å². The summed E-state index contributed by atoms with van der Waals surface area (Å²) in [4.78, 5) is 4.54. The highest BCUT2D eigenvalue weighted by Crippen LogP contribution is 2.44. The third-order valence-electron chi connectivity index (χ3n) is 3.88. The highest BCUT2D eigenvalue weighted by Gasteiger charge is 2.41. The van der Waals surface area contributed by atoms with Crippen molar-refractivity contribution in [2.45, 2.75) is 25.3 Å². The maximum absolute atomic E-state index is 9.75. The zero-order valence-corrected chi connectivity index (χ0v) is 13.1. The third-order valence-corrected chi connectivity index (χ3v) is 4.23. The van der Waals surface area contributed by atoms with Crippen LogP contribution in [0, 0.1) is 17.2 Å². The first kappa shape index (κ1) is 14.8. The molecule has 3 rings (SSSR count). The van der Waals surface area contributed by atoms with Crippen LogP contribution in [-0.4, -0.2) is 21.4 Å². The maximum Gasteiger partial charge on any atom is 0.151 e. The molecule has 0 bridgehead atoms. The van der Waals surface area contributed by atoms with E-state index in [9.17, 15) is 5.26 Å². The number of halogens is 1. The highest BCUT2D eigenvalue weighted by molar-refractivity contribution is 6.31. The van der Waals surface area contributed by atoms with Gasteiger partial charge in [-0.1, -0.05) is 29.8 Å². The van der Waals surface area contributed by atoms with Crippen molar-refractivity contribution in [3.63, 3.8) is 0 Å². The lowest BCUT2D eigenvalue weighted by molar-refractivity contribution is 0.614. The van der Waals surface area contributed by atoms with E-state index in [0.29, 0.717) is 16.6 Å². The summed E-state index contributed by atoms with van der Waals surface area (Å²) in [6, 6.07) is 9.89. The number of fused-ring (bicyclic) bond motifs is 1. The smallest absolute Gasteiger partial charge is 0.151 e. The summed E-state index contributed by atoms with van der Waals surface area (Å²) in [5.74, 6) is -0.0716. The van der Waals surface area contributed by atoms with Crippen LogP contribution >= 0.6 is 11.6 Å².